The second-order valence-corrected chi connectivity index (χ2v) is 16.4. The Morgan fingerprint density at radius 2 is 0.789 bits per heavy atom. The normalized spacial score (nSPS) is 11.9. The molecule has 8 aromatic carbocycles. The van der Waals surface area contributed by atoms with Crippen molar-refractivity contribution in [3.63, 3.8) is 0 Å². The lowest BCUT2D eigenvalue weighted by atomic mass is 9.94. The van der Waals surface area contributed by atoms with E-state index in [-0.39, 0.29) is 0 Å². The molecule has 6 heteroatoms. The maximum atomic E-state index is 5.18. The standard InChI is InChI=1S/C51H30N4S2/c1-3-15-31(16-4-1)49-52-50(32-17-5-2-6-18-32)54-51(53-49)38-24-14-30-44-47(38)46-36(22-13-29-43(46)56-44)35-21-12-28-42-45(35)37-23-11-27-41(48(37)57-42)55-39-25-9-7-19-33(39)34-20-8-10-26-40(34)55/h1-30H. The van der Waals surface area contributed by atoms with Crippen molar-refractivity contribution in [3.05, 3.63) is 182 Å². The molecule has 0 N–H and O–H groups in total. The highest BCUT2D eigenvalue weighted by atomic mass is 32.1. The van der Waals surface area contributed by atoms with Crippen molar-refractivity contribution in [1.29, 1.82) is 0 Å². The molecule has 0 fully saturated rings. The van der Waals surface area contributed by atoms with Crippen LogP contribution < -0.4 is 0 Å². The van der Waals surface area contributed by atoms with Gasteiger partial charge in [-0.1, -0.05) is 146 Å². The lowest BCUT2D eigenvalue weighted by Gasteiger charge is -2.12. The average Bonchev–Trinajstić information content (AvgIpc) is 3.97. The van der Waals surface area contributed by atoms with Gasteiger partial charge in [-0.15, -0.1) is 22.7 Å². The van der Waals surface area contributed by atoms with Crippen LogP contribution in [0.15, 0.2) is 182 Å². The highest BCUT2D eigenvalue weighted by Crippen LogP contribution is 2.48. The van der Waals surface area contributed by atoms with Gasteiger partial charge < -0.3 is 4.57 Å². The number of nitrogens with zero attached hydrogens (tertiary/aromatic N) is 4. The minimum absolute atomic E-state index is 0.657. The molecule has 4 heterocycles. The van der Waals surface area contributed by atoms with Gasteiger partial charge in [-0.2, -0.15) is 0 Å². The van der Waals surface area contributed by atoms with E-state index >= 15 is 0 Å². The summed E-state index contributed by atoms with van der Waals surface area (Å²) in [5.41, 5.74) is 8.99. The first kappa shape index (κ1) is 32.3. The zero-order valence-corrected chi connectivity index (χ0v) is 32.1. The van der Waals surface area contributed by atoms with E-state index in [1.165, 1.54) is 79.0 Å². The second kappa shape index (κ2) is 12.8. The van der Waals surface area contributed by atoms with Gasteiger partial charge in [0.1, 0.15) is 0 Å². The molecule has 0 aliphatic carbocycles. The number of rotatable bonds is 5. The van der Waals surface area contributed by atoms with Crippen molar-refractivity contribution in [2.45, 2.75) is 0 Å². The smallest absolute Gasteiger partial charge is 0.164 e. The van der Waals surface area contributed by atoms with Crippen LogP contribution in [0.1, 0.15) is 0 Å². The summed E-state index contributed by atoms with van der Waals surface area (Å²) in [5, 5.41) is 7.47. The molecule has 0 bridgehead atoms. The zero-order chi connectivity index (χ0) is 37.5. The molecule has 12 rings (SSSR count). The minimum atomic E-state index is 0.657. The number of benzene rings is 8. The summed E-state index contributed by atoms with van der Waals surface area (Å²) in [6.45, 7) is 0. The third-order valence-corrected chi connectivity index (χ3v) is 13.4. The molecule has 0 saturated carbocycles. The molecule has 0 atom stereocenters. The van der Waals surface area contributed by atoms with Crippen LogP contribution in [0.5, 0.6) is 0 Å². The molecule has 0 aliphatic heterocycles. The lowest BCUT2D eigenvalue weighted by molar-refractivity contribution is 1.08. The molecule has 12 aromatic rings. The summed E-state index contributed by atoms with van der Waals surface area (Å²) < 4.78 is 7.43. The Morgan fingerprint density at radius 1 is 0.333 bits per heavy atom. The summed E-state index contributed by atoms with van der Waals surface area (Å²) >= 11 is 3.70. The Hall–Kier alpha value is -6.99. The van der Waals surface area contributed by atoms with Gasteiger partial charge in [0.05, 0.1) is 21.4 Å². The first-order valence-electron chi connectivity index (χ1n) is 19.0. The number of thiophene rings is 2. The molecule has 4 aromatic heterocycles. The number of aromatic nitrogens is 4. The van der Waals surface area contributed by atoms with Crippen molar-refractivity contribution in [2.24, 2.45) is 0 Å². The van der Waals surface area contributed by atoms with E-state index in [9.17, 15) is 0 Å². The number of para-hydroxylation sites is 2. The maximum absolute atomic E-state index is 5.18. The predicted octanol–water partition coefficient (Wildman–Crippen LogP) is 14.4. The van der Waals surface area contributed by atoms with Gasteiger partial charge in [0.15, 0.2) is 17.5 Å². The molecule has 266 valence electrons. The fourth-order valence-corrected chi connectivity index (χ4v) is 11.0. The molecule has 4 nitrogen and oxygen atoms in total. The number of hydrogen-bond donors (Lipinski definition) is 0. The lowest BCUT2D eigenvalue weighted by Crippen LogP contribution is -2.00. The van der Waals surface area contributed by atoms with Crippen LogP contribution in [0.3, 0.4) is 0 Å². The fraction of sp³-hybridized carbons (Fsp3) is 0. The van der Waals surface area contributed by atoms with Crippen molar-refractivity contribution in [2.75, 3.05) is 0 Å². The van der Waals surface area contributed by atoms with Crippen LogP contribution in [0.25, 0.3) is 113 Å². The van der Waals surface area contributed by atoms with E-state index in [0.29, 0.717) is 17.5 Å². The fourth-order valence-electron chi connectivity index (χ4n) is 8.62. The van der Waals surface area contributed by atoms with Crippen LogP contribution in [-0.2, 0) is 0 Å². The first-order valence-corrected chi connectivity index (χ1v) is 20.7. The molecule has 0 unspecified atom stereocenters. The van der Waals surface area contributed by atoms with Gasteiger partial charge in [-0.25, -0.2) is 15.0 Å². The highest BCUT2D eigenvalue weighted by Gasteiger charge is 2.22. The Kier molecular flexibility index (Phi) is 7.24. The van der Waals surface area contributed by atoms with Gasteiger partial charge in [0, 0.05) is 63.1 Å². The van der Waals surface area contributed by atoms with Crippen molar-refractivity contribution in [3.8, 4) is 51.0 Å². The van der Waals surface area contributed by atoms with E-state index in [1.807, 2.05) is 59.1 Å². The molecule has 0 aliphatic rings. The Bertz CT molecular complexity index is 3410. The average molecular weight is 763 g/mol. The van der Waals surface area contributed by atoms with Crippen LogP contribution in [0.4, 0.5) is 0 Å². The zero-order valence-electron chi connectivity index (χ0n) is 30.4. The van der Waals surface area contributed by atoms with Gasteiger partial charge in [-0.05, 0) is 47.5 Å². The van der Waals surface area contributed by atoms with Crippen LogP contribution >= 0.6 is 22.7 Å². The first-order chi connectivity index (χ1) is 28.3. The largest absolute Gasteiger partial charge is 0.308 e. The van der Waals surface area contributed by atoms with E-state index in [2.05, 4.69) is 150 Å². The number of fused-ring (bicyclic) bond motifs is 9. The van der Waals surface area contributed by atoms with Crippen molar-refractivity contribution < 1.29 is 0 Å². The quantitative estimate of drug-likeness (QED) is 0.175. The summed E-state index contributed by atoms with van der Waals surface area (Å²) in [6, 6.07) is 64.8. The summed E-state index contributed by atoms with van der Waals surface area (Å²) in [4.78, 5) is 15.4. The second-order valence-electron chi connectivity index (χ2n) is 14.3. The van der Waals surface area contributed by atoms with Crippen molar-refractivity contribution >= 4 is 84.8 Å². The van der Waals surface area contributed by atoms with Crippen LogP contribution in [-0.4, -0.2) is 19.5 Å². The Labute approximate surface area is 335 Å². The van der Waals surface area contributed by atoms with Gasteiger partial charge in [-0.3, -0.25) is 0 Å². The maximum Gasteiger partial charge on any atom is 0.164 e. The van der Waals surface area contributed by atoms with Crippen LogP contribution in [0.2, 0.25) is 0 Å². The molecular formula is C51H30N4S2. The van der Waals surface area contributed by atoms with Crippen molar-refractivity contribution in [1.82, 2.24) is 19.5 Å². The highest BCUT2D eigenvalue weighted by molar-refractivity contribution is 7.26. The van der Waals surface area contributed by atoms with Gasteiger partial charge in [0.25, 0.3) is 0 Å². The molecule has 57 heavy (non-hydrogen) atoms. The summed E-state index contributed by atoms with van der Waals surface area (Å²) in [5.74, 6) is 1.98. The summed E-state index contributed by atoms with van der Waals surface area (Å²) in [6.07, 6.45) is 0. The summed E-state index contributed by atoms with van der Waals surface area (Å²) in [7, 11) is 0. The third kappa shape index (κ3) is 5.01. The predicted molar refractivity (Wildman–Crippen MR) is 242 cm³/mol. The molecule has 0 saturated heterocycles. The topological polar surface area (TPSA) is 43.6 Å². The monoisotopic (exact) mass is 762 g/mol. The molecular weight excluding hydrogens is 733 g/mol. The number of hydrogen-bond acceptors (Lipinski definition) is 5. The molecule has 0 amide bonds. The molecule has 0 radical (unpaired) electrons. The van der Waals surface area contributed by atoms with E-state index < -0.39 is 0 Å². The van der Waals surface area contributed by atoms with Gasteiger partial charge >= 0.3 is 0 Å². The minimum Gasteiger partial charge on any atom is -0.308 e. The van der Waals surface area contributed by atoms with Gasteiger partial charge in [0.2, 0.25) is 0 Å². The van der Waals surface area contributed by atoms with Crippen LogP contribution in [0, 0.1) is 0 Å². The molecule has 0 spiro atoms. The Balaban J connectivity index is 1.12. The van der Waals surface area contributed by atoms with E-state index in [1.54, 1.807) is 0 Å². The van der Waals surface area contributed by atoms with E-state index in [4.69, 9.17) is 15.0 Å². The Morgan fingerprint density at radius 3 is 1.40 bits per heavy atom. The SMILES string of the molecule is c1ccc(-c2nc(-c3ccccc3)nc(-c3cccc4sc5cccc(-c6cccc7sc8c(-n9c%10ccccc%10c%10ccccc%109)cccc8c67)c5c34)n2)cc1. The third-order valence-electron chi connectivity index (χ3n) is 11.1. The van der Waals surface area contributed by atoms with E-state index in [0.717, 1.165) is 16.7 Å².